The fraction of sp³-hybridized carbons (Fsp3) is 0.429. The third-order valence-electron chi connectivity index (χ3n) is 3.57. The molecule has 0 atom stereocenters. The Labute approximate surface area is 107 Å². The molecule has 0 unspecified atom stereocenters. The summed E-state index contributed by atoms with van der Waals surface area (Å²) < 4.78 is 0. The minimum atomic E-state index is 0.817. The van der Waals surface area contributed by atoms with Gasteiger partial charge in [-0.1, -0.05) is 18.0 Å². The first kappa shape index (κ1) is 11.1. The van der Waals surface area contributed by atoms with Crippen molar-refractivity contribution in [2.75, 3.05) is 13.1 Å². The number of likely N-dealkylation sites (tertiary alicyclic amines) is 1. The normalized spacial score (nSPS) is 17.7. The van der Waals surface area contributed by atoms with Gasteiger partial charge in [-0.3, -0.25) is 4.90 Å². The maximum absolute atomic E-state index is 6.06. The van der Waals surface area contributed by atoms with Crippen LogP contribution in [0.15, 0.2) is 24.4 Å². The molecule has 3 heteroatoms. The zero-order valence-electron chi connectivity index (χ0n) is 9.88. The molecule has 3 rings (SSSR count). The molecule has 0 aliphatic carbocycles. The standard InChI is InChI=1S/C14H17ClN2/c15-12-4-5-14-13(8-12)11(9-16-14)10-17-6-2-1-3-7-17/h4-5,8-9,16H,1-3,6-7,10H2. The molecule has 17 heavy (non-hydrogen) atoms. The van der Waals surface area contributed by atoms with Crippen LogP contribution in [0.4, 0.5) is 0 Å². The Bertz CT molecular complexity index is 512. The molecule has 0 radical (unpaired) electrons. The van der Waals surface area contributed by atoms with Crippen molar-refractivity contribution in [3.05, 3.63) is 35.0 Å². The largest absolute Gasteiger partial charge is 0.361 e. The number of hydrogen-bond donors (Lipinski definition) is 1. The van der Waals surface area contributed by atoms with Crippen LogP contribution >= 0.6 is 11.6 Å². The summed E-state index contributed by atoms with van der Waals surface area (Å²) in [6, 6.07) is 6.05. The Morgan fingerprint density at radius 3 is 2.82 bits per heavy atom. The van der Waals surface area contributed by atoms with Gasteiger partial charge < -0.3 is 4.98 Å². The summed E-state index contributed by atoms with van der Waals surface area (Å²) in [5.41, 5.74) is 2.55. The Morgan fingerprint density at radius 1 is 1.18 bits per heavy atom. The Kier molecular flexibility index (Phi) is 3.08. The Balaban J connectivity index is 1.86. The van der Waals surface area contributed by atoms with Crippen LogP contribution in [0.3, 0.4) is 0 Å². The molecule has 1 saturated heterocycles. The van der Waals surface area contributed by atoms with Crippen molar-refractivity contribution in [3.63, 3.8) is 0 Å². The van der Waals surface area contributed by atoms with Crippen molar-refractivity contribution in [1.82, 2.24) is 9.88 Å². The molecule has 0 bridgehead atoms. The first-order valence-electron chi connectivity index (χ1n) is 6.31. The molecule has 0 amide bonds. The Hall–Kier alpha value is -0.990. The molecule has 0 saturated carbocycles. The molecule has 2 aromatic rings. The fourth-order valence-corrected chi connectivity index (χ4v) is 2.81. The number of hydrogen-bond acceptors (Lipinski definition) is 1. The van der Waals surface area contributed by atoms with E-state index in [0.717, 1.165) is 11.6 Å². The van der Waals surface area contributed by atoms with E-state index in [1.807, 2.05) is 6.07 Å². The van der Waals surface area contributed by atoms with E-state index in [1.165, 1.54) is 48.8 Å². The summed E-state index contributed by atoms with van der Waals surface area (Å²) in [6.07, 6.45) is 6.18. The highest BCUT2D eigenvalue weighted by molar-refractivity contribution is 6.31. The van der Waals surface area contributed by atoms with Crippen molar-refractivity contribution >= 4 is 22.5 Å². The summed E-state index contributed by atoms with van der Waals surface area (Å²) in [7, 11) is 0. The molecule has 1 aliphatic heterocycles. The Morgan fingerprint density at radius 2 is 2.00 bits per heavy atom. The van der Waals surface area contributed by atoms with Crippen LogP contribution in [0.2, 0.25) is 5.02 Å². The van der Waals surface area contributed by atoms with E-state index in [9.17, 15) is 0 Å². The van der Waals surface area contributed by atoms with Crippen LogP contribution in [-0.2, 0) is 6.54 Å². The summed E-state index contributed by atoms with van der Waals surface area (Å²) in [5.74, 6) is 0. The van der Waals surface area contributed by atoms with E-state index in [2.05, 4.69) is 28.2 Å². The zero-order valence-corrected chi connectivity index (χ0v) is 10.6. The van der Waals surface area contributed by atoms with Crippen LogP contribution < -0.4 is 0 Å². The number of H-pyrrole nitrogens is 1. The van der Waals surface area contributed by atoms with Gasteiger partial charge in [-0.25, -0.2) is 0 Å². The first-order valence-corrected chi connectivity index (χ1v) is 6.68. The van der Waals surface area contributed by atoms with Gasteiger partial charge in [-0.15, -0.1) is 0 Å². The number of nitrogens with one attached hydrogen (secondary N) is 1. The second-order valence-corrected chi connectivity index (χ2v) is 5.28. The molecular weight excluding hydrogens is 232 g/mol. The molecule has 2 heterocycles. The third-order valence-corrected chi connectivity index (χ3v) is 3.81. The van der Waals surface area contributed by atoms with Crippen molar-refractivity contribution < 1.29 is 0 Å². The predicted molar refractivity (Wildman–Crippen MR) is 72.4 cm³/mol. The summed E-state index contributed by atoms with van der Waals surface area (Å²) >= 11 is 6.06. The van der Waals surface area contributed by atoms with E-state index >= 15 is 0 Å². The SMILES string of the molecule is Clc1ccc2[nH]cc(CN3CCCCC3)c2c1. The van der Waals surface area contributed by atoms with Crippen LogP contribution in [0.25, 0.3) is 10.9 Å². The highest BCUT2D eigenvalue weighted by atomic mass is 35.5. The average molecular weight is 249 g/mol. The lowest BCUT2D eigenvalue weighted by molar-refractivity contribution is 0.221. The van der Waals surface area contributed by atoms with Crippen LogP contribution in [-0.4, -0.2) is 23.0 Å². The summed E-state index contributed by atoms with van der Waals surface area (Å²) in [4.78, 5) is 5.85. The topological polar surface area (TPSA) is 19.0 Å². The molecular formula is C14H17ClN2. The van der Waals surface area contributed by atoms with Gasteiger partial charge in [-0.2, -0.15) is 0 Å². The number of fused-ring (bicyclic) bond motifs is 1. The number of halogens is 1. The van der Waals surface area contributed by atoms with Gasteiger partial charge in [0, 0.05) is 28.7 Å². The molecule has 0 spiro atoms. The fourth-order valence-electron chi connectivity index (χ4n) is 2.64. The second-order valence-electron chi connectivity index (χ2n) is 4.84. The van der Waals surface area contributed by atoms with Crippen LogP contribution in [0.5, 0.6) is 0 Å². The minimum Gasteiger partial charge on any atom is -0.361 e. The monoisotopic (exact) mass is 248 g/mol. The predicted octanol–water partition coefficient (Wildman–Crippen LogP) is 3.81. The molecule has 1 aromatic heterocycles. The van der Waals surface area contributed by atoms with Gasteiger partial charge in [0.1, 0.15) is 0 Å². The molecule has 1 aliphatic rings. The van der Waals surface area contributed by atoms with Gasteiger partial charge in [-0.05, 0) is 49.7 Å². The quantitative estimate of drug-likeness (QED) is 0.856. The lowest BCUT2D eigenvalue weighted by Crippen LogP contribution is -2.28. The summed E-state index contributed by atoms with van der Waals surface area (Å²) in [6.45, 7) is 3.50. The van der Waals surface area contributed by atoms with Gasteiger partial charge in [0.2, 0.25) is 0 Å². The molecule has 1 fully saturated rings. The number of aromatic nitrogens is 1. The van der Waals surface area contributed by atoms with Gasteiger partial charge >= 0.3 is 0 Å². The van der Waals surface area contributed by atoms with Crippen molar-refractivity contribution in [2.24, 2.45) is 0 Å². The molecule has 1 aromatic carbocycles. The zero-order chi connectivity index (χ0) is 11.7. The van der Waals surface area contributed by atoms with Crippen LogP contribution in [0, 0.1) is 0 Å². The van der Waals surface area contributed by atoms with Crippen molar-refractivity contribution in [3.8, 4) is 0 Å². The van der Waals surface area contributed by atoms with E-state index < -0.39 is 0 Å². The average Bonchev–Trinajstić information content (AvgIpc) is 2.73. The lowest BCUT2D eigenvalue weighted by Gasteiger charge is -2.26. The smallest absolute Gasteiger partial charge is 0.0458 e. The molecule has 2 nitrogen and oxygen atoms in total. The van der Waals surface area contributed by atoms with E-state index in [1.54, 1.807) is 0 Å². The number of benzene rings is 1. The lowest BCUT2D eigenvalue weighted by atomic mass is 10.1. The van der Waals surface area contributed by atoms with E-state index in [0.29, 0.717) is 0 Å². The number of piperidine rings is 1. The first-order chi connectivity index (χ1) is 8.33. The van der Waals surface area contributed by atoms with Gasteiger partial charge in [0.05, 0.1) is 0 Å². The van der Waals surface area contributed by atoms with Crippen LogP contribution in [0.1, 0.15) is 24.8 Å². The van der Waals surface area contributed by atoms with Gasteiger partial charge in [0.15, 0.2) is 0 Å². The highest BCUT2D eigenvalue weighted by Gasteiger charge is 2.12. The molecule has 90 valence electrons. The number of aromatic amines is 1. The number of nitrogens with zero attached hydrogens (tertiary/aromatic N) is 1. The highest BCUT2D eigenvalue weighted by Crippen LogP contribution is 2.24. The number of rotatable bonds is 2. The van der Waals surface area contributed by atoms with Crippen molar-refractivity contribution in [1.29, 1.82) is 0 Å². The minimum absolute atomic E-state index is 0.817. The summed E-state index contributed by atoms with van der Waals surface area (Å²) in [5, 5.41) is 2.08. The maximum atomic E-state index is 6.06. The second kappa shape index (κ2) is 4.71. The maximum Gasteiger partial charge on any atom is 0.0458 e. The van der Waals surface area contributed by atoms with E-state index in [-0.39, 0.29) is 0 Å². The molecule has 1 N–H and O–H groups in total. The van der Waals surface area contributed by atoms with E-state index in [4.69, 9.17) is 11.6 Å². The van der Waals surface area contributed by atoms with Crippen molar-refractivity contribution in [2.45, 2.75) is 25.8 Å². The third kappa shape index (κ3) is 2.33. The van der Waals surface area contributed by atoms with Gasteiger partial charge in [0.25, 0.3) is 0 Å².